The van der Waals surface area contributed by atoms with E-state index in [0.717, 1.165) is 23.4 Å². The van der Waals surface area contributed by atoms with E-state index in [2.05, 4.69) is 15.0 Å². The predicted octanol–water partition coefficient (Wildman–Crippen LogP) is 5.63. The quantitative estimate of drug-likeness (QED) is 0.174. The number of ether oxygens (including phenoxy) is 2. The lowest BCUT2D eigenvalue weighted by atomic mass is 10.0. The van der Waals surface area contributed by atoms with E-state index < -0.39 is 33.9 Å². The van der Waals surface area contributed by atoms with Gasteiger partial charge in [-0.25, -0.2) is 13.2 Å². The van der Waals surface area contributed by atoms with E-state index in [0.29, 0.717) is 33.8 Å². The minimum absolute atomic E-state index is 0.00496. The number of phenolic OH excluding ortho intramolecular Hbond substituents is 1. The number of carbonyl (C=O) groups is 2. The third-order valence-corrected chi connectivity index (χ3v) is 9.07. The van der Waals surface area contributed by atoms with Crippen molar-refractivity contribution >= 4 is 72.4 Å². The molecule has 10 nitrogen and oxygen atoms in total. The van der Waals surface area contributed by atoms with Gasteiger partial charge in [-0.05, 0) is 66.8 Å². The van der Waals surface area contributed by atoms with E-state index in [1.165, 1.54) is 19.2 Å². The predicted molar refractivity (Wildman–Crippen MR) is 167 cm³/mol. The summed E-state index contributed by atoms with van der Waals surface area (Å²) in [5, 5.41) is 16.6. The molecule has 0 aliphatic carbocycles. The third kappa shape index (κ3) is 7.69. The van der Waals surface area contributed by atoms with E-state index >= 15 is 0 Å². The lowest BCUT2D eigenvalue weighted by Gasteiger charge is -2.20. The molecular weight excluding hydrogens is 637 g/mol. The normalized spacial score (nSPS) is 12.3. The molecule has 14 heteroatoms. The van der Waals surface area contributed by atoms with Crippen molar-refractivity contribution in [3.63, 3.8) is 0 Å². The summed E-state index contributed by atoms with van der Waals surface area (Å²) >= 11 is 14.3. The third-order valence-electron chi connectivity index (χ3n) is 6.30. The standard InChI is InChI=1S/C29H29Cl2N3O7S2/c1-15(2)41-29(37)21(11-16-6-5-7-18(10-16)43(4,38)39)33-28(36)24-20(30)13-19-26(25(24)31)42-34-27(19)32-14-17-8-9-23(40-3)22(35)12-17/h5-10,12-13,15,21,35H,11,14H2,1-4H3,(H,32,34)(H,33,36). The summed E-state index contributed by atoms with van der Waals surface area (Å²) < 4.78 is 39.4. The maximum Gasteiger partial charge on any atom is 0.329 e. The fourth-order valence-corrected chi connectivity index (χ4v) is 6.45. The van der Waals surface area contributed by atoms with Gasteiger partial charge in [0.2, 0.25) is 0 Å². The Balaban J connectivity index is 1.59. The van der Waals surface area contributed by atoms with Gasteiger partial charge in [0.05, 0.1) is 38.4 Å². The number of esters is 1. The van der Waals surface area contributed by atoms with Crippen LogP contribution in [0, 0.1) is 0 Å². The Morgan fingerprint density at radius 3 is 2.49 bits per heavy atom. The van der Waals surface area contributed by atoms with Crippen LogP contribution in [0.15, 0.2) is 53.4 Å². The summed E-state index contributed by atoms with van der Waals surface area (Å²) in [6.07, 6.45) is 0.596. The number of nitrogens with zero attached hydrogens (tertiary/aromatic N) is 1. The van der Waals surface area contributed by atoms with Gasteiger partial charge in [-0.15, -0.1) is 0 Å². The van der Waals surface area contributed by atoms with Crippen LogP contribution in [0.5, 0.6) is 11.5 Å². The van der Waals surface area contributed by atoms with Gasteiger partial charge in [-0.1, -0.05) is 41.4 Å². The van der Waals surface area contributed by atoms with Crippen LogP contribution in [0.3, 0.4) is 0 Å². The minimum Gasteiger partial charge on any atom is -0.504 e. The maximum atomic E-state index is 13.5. The molecule has 1 heterocycles. The Labute approximate surface area is 263 Å². The minimum atomic E-state index is -3.49. The van der Waals surface area contributed by atoms with Crippen LogP contribution in [0.1, 0.15) is 35.3 Å². The molecule has 1 amide bonds. The van der Waals surface area contributed by atoms with Crippen LogP contribution < -0.4 is 15.4 Å². The van der Waals surface area contributed by atoms with E-state index in [-0.39, 0.29) is 32.7 Å². The number of phenols is 1. The molecule has 0 aliphatic heterocycles. The molecule has 0 radical (unpaired) electrons. The van der Waals surface area contributed by atoms with Crippen LogP contribution in [0.2, 0.25) is 10.0 Å². The van der Waals surface area contributed by atoms with Crippen LogP contribution in [-0.2, 0) is 32.3 Å². The second-order valence-electron chi connectivity index (χ2n) is 9.95. The summed E-state index contributed by atoms with van der Waals surface area (Å²) in [7, 11) is -2.02. The molecule has 3 N–H and O–H groups in total. The van der Waals surface area contributed by atoms with Crippen LogP contribution in [-0.4, -0.2) is 55.3 Å². The topological polar surface area (TPSA) is 144 Å². The van der Waals surface area contributed by atoms with Gasteiger partial charge in [-0.3, -0.25) is 4.79 Å². The van der Waals surface area contributed by atoms with Crippen LogP contribution in [0.4, 0.5) is 5.82 Å². The molecule has 1 unspecified atom stereocenters. The molecule has 43 heavy (non-hydrogen) atoms. The highest BCUT2D eigenvalue weighted by atomic mass is 35.5. The first-order chi connectivity index (χ1) is 20.3. The van der Waals surface area contributed by atoms with Gasteiger partial charge in [0.1, 0.15) is 11.9 Å². The molecule has 228 valence electrons. The Bertz CT molecular complexity index is 1790. The number of rotatable bonds is 11. The lowest BCUT2D eigenvalue weighted by Crippen LogP contribution is -2.44. The van der Waals surface area contributed by atoms with Gasteiger partial charge in [0.25, 0.3) is 5.91 Å². The summed E-state index contributed by atoms with van der Waals surface area (Å²) in [6.45, 7) is 3.68. The Morgan fingerprint density at radius 2 is 1.84 bits per heavy atom. The zero-order valence-electron chi connectivity index (χ0n) is 23.6. The smallest absolute Gasteiger partial charge is 0.329 e. The van der Waals surface area contributed by atoms with Crippen molar-refractivity contribution in [2.45, 2.75) is 43.9 Å². The number of aromatic hydroxyl groups is 1. The van der Waals surface area contributed by atoms with Gasteiger partial charge in [0.15, 0.2) is 21.3 Å². The molecule has 0 aliphatic rings. The monoisotopic (exact) mass is 665 g/mol. The first-order valence-corrected chi connectivity index (χ1v) is 16.4. The number of benzene rings is 3. The fourth-order valence-electron chi connectivity index (χ4n) is 4.25. The van der Waals surface area contributed by atoms with Gasteiger partial charge in [-0.2, -0.15) is 4.37 Å². The van der Waals surface area contributed by atoms with Crippen molar-refractivity contribution in [3.8, 4) is 11.5 Å². The number of halogens is 2. The zero-order valence-corrected chi connectivity index (χ0v) is 26.7. The van der Waals surface area contributed by atoms with E-state index in [1.807, 2.05) is 0 Å². The van der Waals surface area contributed by atoms with Crippen LogP contribution in [0.25, 0.3) is 10.1 Å². The number of nitrogens with one attached hydrogen (secondary N) is 2. The number of sulfone groups is 1. The first-order valence-electron chi connectivity index (χ1n) is 13.0. The average molecular weight is 667 g/mol. The molecular formula is C29H29Cl2N3O7S2. The molecule has 1 atom stereocenters. The SMILES string of the molecule is COc1ccc(CNc2nsc3c(Cl)c(C(=O)NC(Cc4cccc(S(C)(=O)=O)c4)C(=O)OC(C)C)c(Cl)cc23)cc1O. The van der Waals surface area contributed by atoms with Crippen molar-refractivity contribution in [2.24, 2.45) is 0 Å². The summed E-state index contributed by atoms with van der Waals surface area (Å²) in [5.41, 5.74) is 1.23. The second-order valence-corrected chi connectivity index (χ2v) is 13.5. The number of hydrogen-bond donors (Lipinski definition) is 3. The highest BCUT2D eigenvalue weighted by molar-refractivity contribution is 7.90. The van der Waals surface area contributed by atoms with Crippen molar-refractivity contribution in [1.29, 1.82) is 0 Å². The Hall–Kier alpha value is -3.58. The second kappa shape index (κ2) is 13.4. The first kappa shape index (κ1) is 32.3. The summed E-state index contributed by atoms with van der Waals surface area (Å²) in [5.74, 6) is -0.566. The number of carbonyl (C=O) groups excluding carboxylic acids is 2. The molecule has 0 bridgehead atoms. The molecule has 0 saturated carbocycles. The molecule has 0 saturated heterocycles. The largest absolute Gasteiger partial charge is 0.504 e. The highest BCUT2D eigenvalue weighted by Gasteiger charge is 2.28. The molecule has 0 spiro atoms. The number of hydrogen-bond acceptors (Lipinski definition) is 10. The summed E-state index contributed by atoms with van der Waals surface area (Å²) in [4.78, 5) is 26.6. The Morgan fingerprint density at radius 1 is 1.09 bits per heavy atom. The highest BCUT2D eigenvalue weighted by Crippen LogP contribution is 2.39. The molecule has 0 fully saturated rings. The van der Waals surface area contributed by atoms with E-state index in [9.17, 15) is 23.1 Å². The average Bonchev–Trinajstić information content (AvgIpc) is 3.33. The molecule has 4 aromatic rings. The number of fused-ring (bicyclic) bond motifs is 1. The number of amides is 1. The van der Waals surface area contributed by atoms with E-state index in [4.69, 9.17) is 32.7 Å². The maximum absolute atomic E-state index is 13.5. The Kier molecular flexibility index (Phi) is 10.1. The number of anilines is 1. The van der Waals surface area contributed by atoms with Gasteiger partial charge >= 0.3 is 5.97 Å². The fraction of sp³-hybridized carbons (Fsp3) is 0.276. The molecule has 3 aromatic carbocycles. The van der Waals surface area contributed by atoms with Crippen molar-refractivity contribution in [2.75, 3.05) is 18.7 Å². The van der Waals surface area contributed by atoms with Crippen molar-refractivity contribution in [3.05, 3.63) is 75.3 Å². The van der Waals surface area contributed by atoms with Gasteiger partial charge < -0.3 is 25.2 Å². The molecule has 1 aromatic heterocycles. The molecule has 4 rings (SSSR count). The van der Waals surface area contributed by atoms with Gasteiger partial charge in [0, 0.05) is 24.6 Å². The van der Waals surface area contributed by atoms with Crippen molar-refractivity contribution in [1.82, 2.24) is 9.69 Å². The summed E-state index contributed by atoms with van der Waals surface area (Å²) in [6, 6.07) is 11.5. The van der Waals surface area contributed by atoms with E-state index in [1.54, 1.807) is 50.2 Å². The lowest BCUT2D eigenvalue weighted by molar-refractivity contribution is -0.149. The number of methoxy groups -OCH3 is 1. The van der Waals surface area contributed by atoms with Crippen LogP contribution >= 0.6 is 34.7 Å². The zero-order chi connectivity index (χ0) is 31.5. The number of aromatic nitrogens is 1. The van der Waals surface area contributed by atoms with Crippen molar-refractivity contribution < 1.29 is 32.6 Å².